The molecule has 7 heteroatoms. The van der Waals surface area contributed by atoms with Crippen LogP contribution in [0.25, 0.3) is 28.6 Å². The molecule has 0 radical (unpaired) electrons. The van der Waals surface area contributed by atoms with Crippen molar-refractivity contribution in [1.29, 1.82) is 0 Å². The van der Waals surface area contributed by atoms with Gasteiger partial charge in [-0.3, -0.25) is 9.59 Å². The SMILES string of the molecule is CCCCCCCCCCCCC(CCCCCCCCCC)CC1C2CC(c3ccc(C)s3)C(=O)C2CC2C(CC(CCCCCCCCCC)CCCCCCCCCCCC)C3CC(c4ccc(-c5cc6sc7cc(C)sc7c6s5)s4)C(=O)C3CC12. The number of fused-ring (bicyclic) bond motifs is 6. The van der Waals surface area contributed by atoms with Gasteiger partial charge in [-0.05, 0) is 136 Å². The average Bonchev–Trinajstić information content (AvgIpc) is 1.64. The molecule has 0 aliphatic heterocycles. The van der Waals surface area contributed by atoms with Crippen molar-refractivity contribution in [3.8, 4) is 9.75 Å². The van der Waals surface area contributed by atoms with Gasteiger partial charge in [0.05, 0.1) is 21.2 Å². The zero-order valence-electron chi connectivity index (χ0n) is 57.8. The van der Waals surface area contributed by atoms with Crippen molar-refractivity contribution in [2.45, 2.75) is 349 Å². The molecular weight excluding hydrogens is 1180 g/mol. The van der Waals surface area contributed by atoms with Crippen LogP contribution in [0.1, 0.15) is 354 Å². The van der Waals surface area contributed by atoms with Gasteiger partial charge in [-0.15, -0.1) is 56.7 Å². The molecule has 5 aromatic heterocycles. The van der Waals surface area contributed by atoms with E-state index >= 15 is 9.59 Å². The van der Waals surface area contributed by atoms with Crippen LogP contribution in [0.4, 0.5) is 0 Å². The number of hydrogen-bond acceptors (Lipinski definition) is 7. The number of unbranched alkanes of at least 4 members (excludes halogenated alkanes) is 32. The van der Waals surface area contributed by atoms with Crippen LogP contribution in [0.15, 0.2) is 36.4 Å². The number of carbonyl (C=O) groups is 2. The highest BCUT2D eigenvalue weighted by Gasteiger charge is 2.61. The second kappa shape index (κ2) is 38.8. The van der Waals surface area contributed by atoms with E-state index in [0.717, 1.165) is 37.5 Å². The minimum Gasteiger partial charge on any atom is -0.299 e. The molecule has 0 N–H and O–H groups in total. The first kappa shape index (κ1) is 71.6. The summed E-state index contributed by atoms with van der Waals surface area (Å²) in [5, 5.41) is 0. The summed E-state index contributed by atoms with van der Waals surface area (Å²) in [6.07, 6.45) is 62.5. The van der Waals surface area contributed by atoms with Crippen molar-refractivity contribution in [1.82, 2.24) is 0 Å². The quantitative estimate of drug-likeness (QED) is 0.0364. The molecule has 9 rings (SSSR count). The summed E-state index contributed by atoms with van der Waals surface area (Å²) in [7, 11) is 0. The molecule has 0 amide bonds. The number of carbonyl (C=O) groups excluding carboxylic acids is 2. The Hall–Kier alpha value is -1.64. The minimum absolute atomic E-state index is 0.0179. The van der Waals surface area contributed by atoms with E-state index in [-0.39, 0.29) is 23.7 Å². The summed E-state index contributed by atoms with van der Waals surface area (Å²) in [5.74, 6) is 6.27. The highest BCUT2D eigenvalue weighted by molar-refractivity contribution is 7.39. The average molecular weight is 1310 g/mol. The molecule has 0 bridgehead atoms. The molecule has 498 valence electrons. The maximum absolute atomic E-state index is 16.0. The van der Waals surface area contributed by atoms with E-state index in [0.29, 0.717) is 47.1 Å². The highest BCUT2D eigenvalue weighted by Crippen LogP contribution is 2.65. The summed E-state index contributed by atoms with van der Waals surface area (Å²) < 4.78 is 5.78. The monoisotopic (exact) mass is 1300 g/mol. The molecule has 0 spiro atoms. The van der Waals surface area contributed by atoms with Gasteiger partial charge in [-0.2, -0.15) is 0 Å². The topological polar surface area (TPSA) is 34.1 Å². The fourth-order valence-corrected chi connectivity index (χ4v) is 24.9. The first-order valence-corrected chi connectivity index (χ1v) is 42.9. The van der Waals surface area contributed by atoms with Crippen LogP contribution in [0.5, 0.6) is 0 Å². The second-order valence-electron chi connectivity index (χ2n) is 30.3. The van der Waals surface area contributed by atoms with Crippen molar-refractivity contribution in [3.05, 3.63) is 55.9 Å². The maximum atomic E-state index is 16.0. The van der Waals surface area contributed by atoms with Gasteiger partial charge in [0.2, 0.25) is 0 Å². The molecule has 4 saturated carbocycles. The third-order valence-corrected chi connectivity index (χ3v) is 29.8. The number of rotatable bonds is 47. The fraction of sp³-hybridized carbons (Fsp3) is 0.780. The van der Waals surface area contributed by atoms with Gasteiger partial charge < -0.3 is 0 Å². The van der Waals surface area contributed by atoms with E-state index in [2.05, 4.69) is 77.9 Å². The Balaban J connectivity index is 0.998. The van der Waals surface area contributed by atoms with Crippen molar-refractivity contribution >= 4 is 87.1 Å². The van der Waals surface area contributed by atoms with Gasteiger partial charge in [0.1, 0.15) is 11.6 Å². The van der Waals surface area contributed by atoms with Crippen molar-refractivity contribution in [2.75, 3.05) is 0 Å². The predicted molar refractivity (Wildman–Crippen MR) is 398 cm³/mol. The summed E-state index contributed by atoms with van der Waals surface area (Å²) in [4.78, 5) is 39.7. The van der Waals surface area contributed by atoms with Gasteiger partial charge in [0.15, 0.2) is 0 Å². The molecule has 0 aromatic carbocycles. The predicted octanol–water partition coefficient (Wildman–Crippen LogP) is 28.8. The lowest BCUT2D eigenvalue weighted by atomic mass is 9.49. The van der Waals surface area contributed by atoms with Gasteiger partial charge in [-0.25, -0.2) is 0 Å². The fourth-order valence-electron chi connectivity index (χ4n) is 18.7. The molecule has 5 heterocycles. The first-order chi connectivity index (χ1) is 43.7. The summed E-state index contributed by atoms with van der Waals surface area (Å²) in [5.41, 5.74) is 0. The van der Waals surface area contributed by atoms with Gasteiger partial charge in [-0.1, -0.05) is 285 Å². The summed E-state index contributed by atoms with van der Waals surface area (Å²) in [6, 6.07) is 14.3. The molecule has 12 unspecified atom stereocenters. The highest BCUT2D eigenvalue weighted by atomic mass is 32.1. The standard InChI is InChI=1S/C82H128O2S5/c1-7-11-15-19-23-27-29-33-37-41-45-61(43-39-35-31-25-21-17-13-9-3)52-63-66-55-70-68(57-72(80(70)84)74-49-50-75(87-74)76-58-78-82(89-76)81-77(88-78)51-60(6)86-81)64(65(66)54-69-67(63)56-71(79(69)83)73-48-47-59(5)85-73)53-62(44-40-36-32-26-22-18-14-10-4)46-42-38-34-30-28-24-20-16-12-8-2/h47-51,58,61-72H,7-46,52-57H2,1-6H3. The van der Waals surface area contributed by atoms with Crippen LogP contribution in [0.2, 0.25) is 0 Å². The maximum Gasteiger partial charge on any atom is 0.144 e. The molecule has 12 atom stereocenters. The van der Waals surface area contributed by atoms with E-state index in [1.807, 2.05) is 56.7 Å². The van der Waals surface area contributed by atoms with E-state index < -0.39 is 0 Å². The molecule has 2 nitrogen and oxygen atoms in total. The molecule has 0 saturated heterocycles. The lowest BCUT2D eigenvalue weighted by Gasteiger charge is -2.55. The third kappa shape index (κ3) is 20.7. The molecule has 4 aliphatic carbocycles. The van der Waals surface area contributed by atoms with E-state index in [1.165, 1.54) is 318 Å². The molecule has 4 fully saturated rings. The lowest BCUT2D eigenvalue weighted by molar-refractivity contribution is -0.134. The van der Waals surface area contributed by atoms with Crippen LogP contribution in [-0.4, -0.2) is 11.6 Å². The third-order valence-electron chi connectivity index (χ3n) is 23.6. The Morgan fingerprint density at radius 2 is 0.708 bits per heavy atom. The van der Waals surface area contributed by atoms with E-state index in [4.69, 9.17) is 0 Å². The van der Waals surface area contributed by atoms with Gasteiger partial charge in [0.25, 0.3) is 0 Å². The van der Waals surface area contributed by atoms with Crippen LogP contribution < -0.4 is 0 Å². The number of thiophene rings is 5. The second-order valence-corrected chi connectivity index (χ2v) is 36.2. The van der Waals surface area contributed by atoms with Crippen molar-refractivity contribution < 1.29 is 9.59 Å². The van der Waals surface area contributed by atoms with Crippen molar-refractivity contribution in [3.63, 3.8) is 0 Å². The van der Waals surface area contributed by atoms with Crippen LogP contribution in [0, 0.1) is 73.0 Å². The number of Topliss-reactive ketones (excluding diaryl/α,β-unsaturated/α-hetero) is 2. The zero-order valence-corrected chi connectivity index (χ0v) is 61.9. The van der Waals surface area contributed by atoms with Gasteiger partial charge in [0, 0.05) is 50.5 Å². The van der Waals surface area contributed by atoms with E-state index in [9.17, 15) is 0 Å². The van der Waals surface area contributed by atoms with Crippen LogP contribution in [0.3, 0.4) is 0 Å². The molecule has 5 aromatic rings. The minimum atomic E-state index is 0.0179. The number of ketones is 2. The lowest BCUT2D eigenvalue weighted by Crippen LogP contribution is -2.50. The largest absolute Gasteiger partial charge is 0.299 e. The molecular formula is C82H128O2S5. The smallest absolute Gasteiger partial charge is 0.144 e. The normalized spacial score (nSPS) is 24.2. The Morgan fingerprint density at radius 3 is 1.10 bits per heavy atom. The Labute approximate surface area is 565 Å². The number of aryl methyl sites for hydroxylation is 2. The Kier molecular flexibility index (Phi) is 31.2. The van der Waals surface area contributed by atoms with Crippen LogP contribution in [-0.2, 0) is 9.59 Å². The summed E-state index contributed by atoms with van der Waals surface area (Å²) >= 11 is 9.76. The van der Waals surface area contributed by atoms with Crippen LogP contribution >= 0.6 is 56.7 Å². The van der Waals surface area contributed by atoms with E-state index in [1.54, 1.807) is 0 Å². The zero-order chi connectivity index (χ0) is 62.2. The summed E-state index contributed by atoms with van der Waals surface area (Å²) in [6.45, 7) is 13.9. The molecule has 89 heavy (non-hydrogen) atoms. The van der Waals surface area contributed by atoms with Gasteiger partial charge >= 0.3 is 0 Å². The molecule has 4 aliphatic rings. The Bertz CT molecular complexity index is 2760. The first-order valence-electron chi connectivity index (χ1n) is 38.9. The number of hydrogen-bond donors (Lipinski definition) is 0. The Morgan fingerprint density at radius 1 is 0.348 bits per heavy atom. The van der Waals surface area contributed by atoms with Crippen molar-refractivity contribution in [2.24, 2.45) is 59.2 Å².